The van der Waals surface area contributed by atoms with Crippen LogP contribution in [0.5, 0.6) is 17.2 Å². The first-order chi connectivity index (χ1) is 20.8. The molecule has 5 rings (SSSR count). The lowest BCUT2D eigenvalue weighted by molar-refractivity contribution is -0.140. The Labute approximate surface area is 254 Å². The topological polar surface area (TPSA) is 97.8 Å². The first-order valence-electron chi connectivity index (χ1n) is 15.5. The summed E-state index contributed by atoms with van der Waals surface area (Å²) >= 11 is 0. The lowest BCUT2D eigenvalue weighted by Crippen LogP contribution is -2.39. The van der Waals surface area contributed by atoms with E-state index in [0.717, 1.165) is 37.4 Å². The number of hydrogen-bond donors (Lipinski definition) is 1. The van der Waals surface area contributed by atoms with Crippen molar-refractivity contribution in [3.8, 4) is 17.2 Å². The molecule has 3 aliphatic heterocycles. The molecule has 1 amide bonds. The van der Waals surface area contributed by atoms with Crippen molar-refractivity contribution in [1.29, 1.82) is 0 Å². The van der Waals surface area contributed by atoms with E-state index in [-0.39, 0.29) is 17.4 Å². The number of rotatable bonds is 12. The number of aliphatic hydroxyl groups is 1. The molecular weight excluding hydrogens is 548 g/mol. The highest BCUT2D eigenvalue weighted by atomic mass is 16.5. The van der Waals surface area contributed by atoms with Crippen molar-refractivity contribution in [2.45, 2.75) is 59.1 Å². The van der Waals surface area contributed by atoms with Gasteiger partial charge in [-0.25, -0.2) is 0 Å². The summed E-state index contributed by atoms with van der Waals surface area (Å²) in [5.74, 6) is 0.960. The number of Topliss-reactive ketones (excluding diaryl/α,β-unsaturated/α-hetero) is 1. The van der Waals surface area contributed by atoms with Crippen molar-refractivity contribution in [2.24, 2.45) is 5.92 Å². The highest BCUT2D eigenvalue weighted by Crippen LogP contribution is 2.43. The minimum absolute atomic E-state index is 0.0442. The van der Waals surface area contributed by atoms with Gasteiger partial charge in [-0.05, 0) is 74.1 Å². The highest BCUT2D eigenvalue weighted by Gasteiger charge is 2.46. The molecule has 0 aromatic heterocycles. The second-order valence-corrected chi connectivity index (χ2v) is 11.9. The number of ketones is 1. The molecule has 3 heterocycles. The van der Waals surface area contributed by atoms with Crippen LogP contribution in [0.3, 0.4) is 0 Å². The number of fused-ring (bicyclic) bond motifs is 1. The van der Waals surface area contributed by atoms with Crippen LogP contribution in [0.4, 0.5) is 0 Å². The molecule has 0 saturated carbocycles. The molecular formula is C34H44N2O7. The van der Waals surface area contributed by atoms with Gasteiger partial charge in [0.05, 0.1) is 38.0 Å². The lowest BCUT2D eigenvalue weighted by atomic mass is 9.94. The summed E-state index contributed by atoms with van der Waals surface area (Å²) in [7, 11) is 0. The van der Waals surface area contributed by atoms with Crippen LogP contribution in [0.15, 0.2) is 42.0 Å². The minimum atomic E-state index is -0.767. The molecule has 2 atom stereocenters. The number of aliphatic hydroxyl groups excluding tert-OH is 1. The van der Waals surface area contributed by atoms with Gasteiger partial charge < -0.3 is 29.0 Å². The second-order valence-electron chi connectivity index (χ2n) is 11.9. The summed E-state index contributed by atoms with van der Waals surface area (Å²) in [6, 6.07) is 10.2. The number of amides is 1. The third-order valence-electron chi connectivity index (χ3n) is 8.22. The fourth-order valence-corrected chi connectivity index (χ4v) is 5.96. The smallest absolute Gasteiger partial charge is 0.295 e. The monoisotopic (exact) mass is 592 g/mol. The van der Waals surface area contributed by atoms with Gasteiger partial charge in [-0.1, -0.05) is 19.9 Å². The van der Waals surface area contributed by atoms with E-state index in [1.165, 1.54) is 0 Å². The predicted molar refractivity (Wildman–Crippen MR) is 164 cm³/mol. The molecule has 2 aromatic rings. The summed E-state index contributed by atoms with van der Waals surface area (Å²) in [5.41, 5.74) is 2.23. The zero-order valence-corrected chi connectivity index (χ0v) is 25.8. The van der Waals surface area contributed by atoms with Crippen molar-refractivity contribution in [2.75, 3.05) is 52.6 Å². The molecule has 2 aromatic carbocycles. The fraction of sp³-hybridized carbons (Fsp3) is 0.529. The quantitative estimate of drug-likeness (QED) is 0.210. The first kappa shape index (κ1) is 30.9. The number of hydrogen-bond acceptors (Lipinski definition) is 8. The van der Waals surface area contributed by atoms with Gasteiger partial charge in [0, 0.05) is 38.2 Å². The summed E-state index contributed by atoms with van der Waals surface area (Å²) in [5, 5.41) is 11.6. The van der Waals surface area contributed by atoms with E-state index < -0.39 is 17.7 Å². The molecule has 0 unspecified atom stereocenters. The Kier molecular flexibility index (Phi) is 9.93. The van der Waals surface area contributed by atoms with Crippen LogP contribution in [0.1, 0.15) is 63.3 Å². The molecule has 0 spiro atoms. The van der Waals surface area contributed by atoms with E-state index in [1.807, 2.05) is 44.2 Å². The SMILES string of the molecule is CCOc1cc([C@@H]2C(=C(O)c3ccc4c(c3)C[C@H](C)O4)C(=O)C(=O)N2CCCN2CCOCC2)ccc1OCCC(C)C. The molecule has 2 saturated heterocycles. The fourth-order valence-electron chi connectivity index (χ4n) is 5.96. The molecule has 2 fully saturated rings. The number of likely N-dealkylation sites (tertiary alicyclic amines) is 1. The van der Waals surface area contributed by atoms with E-state index in [0.29, 0.717) is 74.4 Å². The molecule has 0 radical (unpaired) electrons. The van der Waals surface area contributed by atoms with Crippen molar-refractivity contribution < 1.29 is 33.6 Å². The van der Waals surface area contributed by atoms with Crippen molar-refractivity contribution >= 4 is 17.4 Å². The number of morpholine rings is 1. The molecule has 9 heteroatoms. The van der Waals surface area contributed by atoms with Gasteiger partial charge in [0.1, 0.15) is 17.6 Å². The Balaban J connectivity index is 1.50. The average molecular weight is 593 g/mol. The Hall–Kier alpha value is -3.56. The first-order valence-corrected chi connectivity index (χ1v) is 15.5. The van der Waals surface area contributed by atoms with E-state index in [1.54, 1.807) is 11.0 Å². The minimum Gasteiger partial charge on any atom is -0.507 e. The van der Waals surface area contributed by atoms with Gasteiger partial charge >= 0.3 is 0 Å². The van der Waals surface area contributed by atoms with Crippen molar-refractivity contribution in [3.05, 3.63) is 58.7 Å². The summed E-state index contributed by atoms with van der Waals surface area (Å²) < 4.78 is 23.3. The van der Waals surface area contributed by atoms with Crippen LogP contribution >= 0.6 is 0 Å². The third-order valence-corrected chi connectivity index (χ3v) is 8.22. The maximum absolute atomic E-state index is 13.6. The normalized spacial score (nSPS) is 21.7. The van der Waals surface area contributed by atoms with Gasteiger partial charge in [-0.15, -0.1) is 0 Å². The zero-order valence-electron chi connectivity index (χ0n) is 25.8. The molecule has 232 valence electrons. The third kappa shape index (κ3) is 6.99. The van der Waals surface area contributed by atoms with Crippen LogP contribution in [-0.4, -0.2) is 85.3 Å². The van der Waals surface area contributed by atoms with Crippen molar-refractivity contribution in [3.63, 3.8) is 0 Å². The van der Waals surface area contributed by atoms with E-state index in [9.17, 15) is 14.7 Å². The Morgan fingerprint density at radius 3 is 2.58 bits per heavy atom. The average Bonchev–Trinajstić information content (AvgIpc) is 3.49. The Morgan fingerprint density at radius 1 is 1.05 bits per heavy atom. The van der Waals surface area contributed by atoms with Gasteiger partial charge in [-0.3, -0.25) is 14.5 Å². The molecule has 3 aliphatic rings. The zero-order chi connectivity index (χ0) is 30.5. The molecule has 0 bridgehead atoms. The molecule has 9 nitrogen and oxygen atoms in total. The highest BCUT2D eigenvalue weighted by molar-refractivity contribution is 6.46. The van der Waals surface area contributed by atoms with Crippen LogP contribution < -0.4 is 14.2 Å². The van der Waals surface area contributed by atoms with Gasteiger partial charge in [0.25, 0.3) is 11.7 Å². The number of carbonyl (C=O) groups excluding carboxylic acids is 2. The predicted octanol–water partition coefficient (Wildman–Crippen LogP) is 4.98. The van der Waals surface area contributed by atoms with E-state index in [2.05, 4.69) is 18.7 Å². The van der Waals surface area contributed by atoms with Crippen LogP contribution in [0, 0.1) is 5.92 Å². The number of carbonyl (C=O) groups is 2. The summed E-state index contributed by atoms with van der Waals surface area (Å²) in [4.78, 5) is 31.1. The largest absolute Gasteiger partial charge is 0.507 e. The van der Waals surface area contributed by atoms with E-state index in [4.69, 9.17) is 18.9 Å². The van der Waals surface area contributed by atoms with Crippen LogP contribution in [0.25, 0.3) is 5.76 Å². The molecule has 43 heavy (non-hydrogen) atoms. The van der Waals surface area contributed by atoms with Gasteiger partial charge in [0.15, 0.2) is 11.5 Å². The van der Waals surface area contributed by atoms with Crippen LogP contribution in [0.2, 0.25) is 0 Å². The van der Waals surface area contributed by atoms with Crippen molar-refractivity contribution in [1.82, 2.24) is 9.80 Å². The van der Waals surface area contributed by atoms with Gasteiger partial charge in [-0.2, -0.15) is 0 Å². The number of ether oxygens (including phenoxy) is 4. The second kappa shape index (κ2) is 13.8. The lowest BCUT2D eigenvalue weighted by Gasteiger charge is -2.29. The maximum atomic E-state index is 13.6. The van der Waals surface area contributed by atoms with Gasteiger partial charge in [0.2, 0.25) is 0 Å². The van der Waals surface area contributed by atoms with E-state index >= 15 is 0 Å². The number of benzene rings is 2. The summed E-state index contributed by atoms with van der Waals surface area (Å²) in [6.07, 6.45) is 2.35. The Bertz CT molecular complexity index is 1350. The molecule has 1 N–H and O–H groups in total. The summed E-state index contributed by atoms with van der Waals surface area (Å²) in [6.45, 7) is 13.4. The van der Waals surface area contributed by atoms with Crippen LogP contribution in [-0.2, 0) is 20.7 Å². The molecule has 0 aliphatic carbocycles. The standard InChI is InChI=1S/C34H44N2O7/c1-5-41-29-21-24(7-10-28(29)42-16-11-22(2)3)31-30(32(37)25-8-9-27-26(20-25)19-23(4)43-27)33(38)34(39)36(31)13-6-12-35-14-17-40-18-15-35/h7-10,20-23,31,37H,5-6,11-19H2,1-4H3/t23-,31+/m0/s1. The maximum Gasteiger partial charge on any atom is 0.295 e. The number of nitrogens with zero attached hydrogens (tertiary/aromatic N) is 2. The Morgan fingerprint density at radius 2 is 1.84 bits per heavy atom.